The van der Waals surface area contributed by atoms with Crippen molar-refractivity contribution >= 4 is 11.7 Å². The van der Waals surface area contributed by atoms with Crippen molar-refractivity contribution < 1.29 is 19.4 Å². The molecule has 1 aromatic carbocycles. The highest BCUT2D eigenvalue weighted by Gasteiger charge is 2.22. The van der Waals surface area contributed by atoms with Crippen LogP contribution in [0.15, 0.2) is 30.5 Å². The third kappa shape index (κ3) is 3.95. The van der Waals surface area contributed by atoms with Crippen molar-refractivity contribution in [1.82, 2.24) is 9.47 Å². The minimum absolute atomic E-state index is 0.0841. The van der Waals surface area contributed by atoms with Crippen LogP contribution in [0.25, 0.3) is 5.69 Å². The van der Waals surface area contributed by atoms with Crippen molar-refractivity contribution in [2.24, 2.45) is 0 Å². The summed E-state index contributed by atoms with van der Waals surface area (Å²) in [4.78, 5) is 14.2. The molecule has 1 atom stereocenters. The van der Waals surface area contributed by atoms with E-state index in [9.17, 15) is 15.2 Å². The quantitative estimate of drug-likeness (QED) is 0.757. The predicted molar refractivity (Wildman–Crippen MR) is 98.5 cm³/mol. The number of nitrogens with two attached hydrogens (primary N) is 1. The van der Waals surface area contributed by atoms with Gasteiger partial charge in [0.2, 0.25) is 0 Å². The third-order valence-corrected chi connectivity index (χ3v) is 4.63. The van der Waals surface area contributed by atoms with Gasteiger partial charge in [-0.25, -0.2) is 4.79 Å². The van der Waals surface area contributed by atoms with Crippen LogP contribution in [0.1, 0.15) is 27.7 Å². The van der Waals surface area contributed by atoms with E-state index in [0.717, 1.165) is 18.7 Å². The molecule has 27 heavy (non-hydrogen) atoms. The summed E-state index contributed by atoms with van der Waals surface area (Å²) in [5.74, 6) is -0.620. The molecule has 3 rings (SSSR count). The van der Waals surface area contributed by atoms with Crippen LogP contribution in [0.2, 0.25) is 0 Å². The maximum atomic E-state index is 12.1. The molecule has 1 aromatic heterocycles. The van der Waals surface area contributed by atoms with Crippen molar-refractivity contribution in [3.05, 3.63) is 47.3 Å². The zero-order chi connectivity index (χ0) is 19.4. The van der Waals surface area contributed by atoms with Gasteiger partial charge in [0.25, 0.3) is 0 Å². The lowest BCUT2D eigenvalue weighted by molar-refractivity contribution is 0.0143. The van der Waals surface area contributed by atoms with Gasteiger partial charge in [-0.3, -0.25) is 4.90 Å². The number of methoxy groups -OCH3 is 1. The fourth-order valence-corrected chi connectivity index (χ4v) is 3.11. The Morgan fingerprint density at radius 2 is 2.04 bits per heavy atom. The molecule has 8 heteroatoms. The van der Waals surface area contributed by atoms with Crippen molar-refractivity contribution in [1.29, 1.82) is 5.26 Å². The Hall–Kier alpha value is -2.86. The molecule has 0 radical (unpaired) electrons. The molecule has 1 unspecified atom stereocenters. The minimum Gasteiger partial charge on any atom is -0.464 e. The number of morpholine rings is 1. The van der Waals surface area contributed by atoms with E-state index in [1.807, 2.05) is 6.07 Å². The van der Waals surface area contributed by atoms with Crippen LogP contribution in [-0.2, 0) is 9.47 Å². The first-order valence-corrected chi connectivity index (χ1v) is 8.63. The molecule has 8 nitrogen and oxygen atoms in total. The van der Waals surface area contributed by atoms with Gasteiger partial charge in [0.15, 0.2) is 5.69 Å². The molecule has 0 bridgehead atoms. The van der Waals surface area contributed by atoms with E-state index in [1.165, 1.54) is 17.9 Å². The van der Waals surface area contributed by atoms with Gasteiger partial charge in [0.1, 0.15) is 6.07 Å². The lowest BCUT2D eigenvalue weighted by Crippen LogP contribution is -2.38. The Balaban J connectivity index is 1.83. The summed E-state index contributed by atoms with van der Waals surface area (Å²) in [6, 6.07) is 9.10. The second-order valence-electron chi connectivity index (χ2n) is 6.30. The van der Waals surface area contributed by atoms with Crippen molar-refractivity contribution in [3.63, 3.8) is 0 Å². The summed E-state index contributed by atoms with van der Waals surface area (Å²) in [6.45, 7) is 3.50. The van der Waals surface area contributed by atoms with Crippen LogP contribution in [0.3, 0.4) is 0 Å². The molecule has 2 heterocycles. The Kier molecular flexibility index (Phi) is 5.76. The van der Waals surface area contributed by atoms with Crippen LogP contribution >= 0.6 is 0 Å². The van der Waals surface area contributed by atoms with Gasteiger partial charge < -0.3 is 24.9 Å². The number of nitrogen functional groups attached to an aromatic ring is 1. The van der Waals surface area contributed by atoms with Crippen LogP contribution in [0.4, 0.5) is 5.69 Å². The number of benzene rings is 1. The van der Waals surface area contributed by atoms with Gasteiger partial charge in [-0.2, -0.15) is 5.26 Å². The SMILES string of the molecule is COC(=O)c1c(N)c(C#N)cn1-c1ccc(C(O)CN2CCOCC2)cc1. The maximum Gasteiger partial charge on any atom is 0.357 e. The van der Waals surface area contributed by atoms with Gasteiger partial charge in [0.05, 0.1) is 37.7 Å². The number of hydrogen-bond donors (Lipinski definition) is 2. The first kappa shape index (κ1) is 18.9. The average molecular weight is 370 g/mol. The number of anilines is 1. The molecule has 142 valence electrons. The van der Waals surface area contributed by atoms with E-state index in [1.54, 1.807) is 24.3 Å². The lowest BCUT2D eigenvalue weighted by atomic mass is 10.1. The molecule has 1 aliphatic heterocycles. The van der Waals surface area contributed by atoms with Crippen molar-refractivity contribution in [2.75, 3.05) is 45.7 Å². The number of β-amino-alcohol motifs (C(OH)–C–C–N with tert-alkyl or cyclic N) is 1. The van der Waals surface area contributed by atoms with Crippen molar-refractivity contribution in [3.8, 4) is 11.8 Å². The molecule has 0 aliphatic carbocycles. The number of nitrogens with zero attached hydrogens (tertiary/aromatic N) is 3. The fraction of sp³-hybridized carbons (Fsp3) is 0.368. The van der Waals surface area contributed by atoms with Gasteiger partial charge in [0, 0.05) is 31.5 Å². The largest absolute Gasteiger partial charge is 0.464 e. The number of nitriles is 1. The fourth-order valence-electron chi connectivity index (χ4n) is 3.11. The van der Waals surface area contributed by atoms with Crippen LogP contribution < -0.4 is 5.73 Å². The summed E-state index contributed by atoms with van der Waals surface area (Å²) in [5.41, 5.74) is 7.72. The van der Waals surface area contributed by atoms with E-state index in [-0.39, 0.29) is 16.9 Å². The topological polar surface area (TPSA) is 114 Å². The monoisotopic (exact) mass is 370 g/mol. The normalized spacial score (nSPS) is 15.9. The molecule has 1 saturated heterocycles. The van der Waals surface area contributed by atoms with Crippen LogP contribution in [0.5, 0.6) is 0 Å². The van der Waals surface area contributed by atoms with Gasteiger partial charge in [-0.05, 0) is 17.7 Å². The Morgan fingerprint density at radius 1 is 1.37 bits per heavy atom. The summed E-state index contributed by atoms with van der Waals surface area (Å²) < 4.78 is 11.6. The van der Waals surface area contributed by atoms with E-state index in [0.29, 0.717) is 25.4 Å². The molecular formula is C19H22N4O4. The number of aliphatic hydroxyl groups excluding tert-OH is 1. The highest BCUT2D eigenvalue weighted by atomic mass is 16.5. The standard InChI is InChI=1S/C19H22N4O4/c1-26-19(25)18-17(21)14(10-20)11-23(18)15-4-2-13(3-5-15)16(24)12-22-6-8-27-9-7-22/h2-5,11,16,24H,6-9,12,21H2,1H3. The summed E-state index contributed by atoms with van der Waals surface area (Å²) in [5, 5.41) is 19.7. The van der Waals surface area contributed by atoms with Crippen LogP contribution in [-0.4, -0.2) is 60.5 Å². The number of rotatable bonds is 5. The minimum atomic E-state index is -0.623. The second kappa shape index (κ2) is 8.22. The number of esters is 1. The molecule has 1 aliphatic rings. The number of aliphatic hydroxyl groups is 1. The Labute approximate surface area is 157 Å². The van der Waals surface area contributed by atoms with E-state index >= 15 is 0 Å². The van der Waals surface area contributed by atoms with E-state index in [2.05, 4.69) is 4.90 Å². The zero-order valence-electron chi connectivity index (χ0n) is 15.1. The molecule has 2 aromatic rings. The second-order valence-corrected chi connectivity index (χ2v) is 6.30. The molecule has 1 fully saturated rings. The third-order valence-electron chi connectivity index (χ3n) is 4.63. The number of carbonyl (C=O) groups is 1. The average Bonchev–Trinajstić information content (AvgIpc) is 3.04. The first-order valence-electron chi connectivity index (χ1n) is 8.63. The predicted octanol–water partition coefficient (Wildman–Crippen LogP) is 1.08. The Bertz CT molecular complexity index is 848. The van der Waals surface area contributed by atoms with Crippen molar-refractivity contribution in [2.45, 2.75) is 6.10 Å². The lowest BCUT2D eigenvalue weighted by Gasteiger charge is -2.28. The molecule has 0 saturated carbocycles. The molecule has 0 amide bonds. The summed E-state index contributed by atoms with van der Waals surface area (Å²) in [6.07, 6.45) is 0.877. The van der Waals surface area contributed by atoms with E-state index in [4.69, 9.17) is 15.2 Å². The number of aromatic nitrogens is 1. The zero-order valence-corrected chi connectivity index (χ0v) is 15.1. The first-order chi connectivity index (χ1) is 13.0. The highest BCUT2D eigenvalue weighted by molar-refractivity contribution is 5.95. The van der Waals surface area contributed by atoms with Gasteiger partial charge in [-0.1, -0.05) is 12.1 Å². The van der Waals surface area contributed by atoms with Gasteiger partial charge in [-0.15, -0.1) is 0 Å². The number of hydrogen-bond acceptors (Lipinski definition) is 7. The number of carbonyl (C=O) groups excluding carboxylic acids is 1. The summed E-state index contributed by atoms with van der Waals surface area (Å²) >= 11 is 0. The maximum absolute atomic E-state index is 12.1. The molecular weight excluding hydrogens is 348 g/mol. The van der Waals surface area contributed by atoms with Gasteiger partial charge >= 0.3 is 5.97 Å². The van der Waals surface area contributed by atoms with E-state index < -0.39 is 12.1 Å². The molecule has 0 spiro atoms. The Morgan fingerprint density at radius 3 is 2.63 bits per heavy atom. The smallest absolute Gasteiger partial charge is 0.357 e. The van der Waals surface area contributed by atoms with Crippen LogP contribution in [0, 0.1) is 11.3 Å². The summed E-state index contributed by atoms with van der Waals surface area (Å²) in [7, 11) is 1.26. The number of ether oxygens (including phenoxy) is 2. The highest BCUT2D eigenvalue weighted by Crippen LogP contribution is 2.26. The molecule has 3 N–H and O–H groups in total.